The van der Waals surface area contributed by atoms with Gasteiger partial charge in [0.2, 0.25) is 0 Å². The number of benzene rings is 1. The molecule has 3 saturated heterocycles. The van der Waals surface area contributed by atoms with E-state index < -0.39 is 0 Å². The molecule has 1 unspecified atom stereocenters. The van der Waals surface area contributed by atoms with E-state index in [1.165, 1.54) is 12.8 Å². The van der Waals surface area contributed by atoms with E-state index in [-0.39, 0.29) is 17.3 Å². The lowest BCUT2D eigenvalue weighted by molar-refractivity contribution is -0.122. The van der Waals surface area contributed by atoms with Crippen LogP contribution in [0.15, 0.2) is 18.2 Å². The first kappa shape index (κ1) is 15.0. The Morgan fingerprint density at radius 1 is 1.35 bits per heavy atom. The molecule has 3 aliphatic heterocycles. The molecule has 2 bridgehead atoms. The Kier molecular flexibility index (Phi) is 3.58. The minimum Gasteiger partial charge on any atom is -0.507 e. The van der Waals surface area contributed by atoms with Gasteiger partial charge in [-0.3, -0.25) is 4.79 Å². The van der Waals surface area contributed by atoms with Crippen LogP contribution in [0.4, 0.5) is 0 Å². The lowest BCUT2D eigenvalue weighted by Crippen LogP contribution is -2.60. The van der Waals surface area contributed by atoms with Crippen molar-refractivity contribution in [3.8, 4) is 5.75 Å². The lowest BCUT2D eigenvalue weighted by atomic mass is 9.85. The zero-order valence-corrected chi connectivity index (χ0v) is 13.5. The maximum Gasteiger partial charge on any atom is 0.257 e. The smallest absolute Gasteiger partial charge is 0.257 e. The fraction of sp³-hybridized carbons (Fsp3) is 0.611. The quantitative estimate of drug-likeness (QED) is 0.830. The molecule has 0 aliphatic carbocycles. The number of aryl methyl sites for hydroxylation is 1. The molecule has 0 radical (unpaired) electrons. The summed E-state index contributed by atoms with van der Waals surface area (Å²) in [5.74, 6) is -0.0220. The standard InChI is InChI=1S/C18H24N2O3/c1-12-2-5-16(21)15(8-12)17(22)20-6-7-23-18(11-20)9-13-3-4-14(10-18)19-13/h2,5,8,13-14,19,21H,3-4,6-7,9-11H2,1H3/t13-,14+,18?. The van der Waals surface area contributed by atoms with E-state index in [9.17, 15) is 9.90 Å². The molecule has 1 spiro atoms. The number of hydrogen-bond acceptors (Lipinski definition) is 4. The van der Waals surface area contributed by atoms with E-state index in [0.717, 1.165) is 18.4 Å². The van der Waals surface area contributed by atoms with Gasteiger partial charge in [-0.1, -0.05) is 11.6 Å². The molecule has 3 atom stereocenters. The summed E-state index contributed by atoms with van der Waals surface area (Å²) in [5, 5.41) is 13.7. The fourth-order valence-electron chi connectivity index (χ4n) is 4.46. The van der Waals surface area contributed by atoms with Crippen molar-refractivity contribution >= 4 is 5.91 Å². The second-order valence-electron chi connectivity index (χ2n) is 7.32. The predicted octanol–water partition coefficient (Wildman–Crippen LogP) is 1.83. The first-order chi connectivity index (χ1) is 11.0. The highest BCUT2D eigenvalue weighted by atomic mass is 16.5. The first-order valence-corrected chi connectivity index (χ1v) is 8.54. The van der Waals surface area contributed by atoms with Crippen LogP contribution >= 0.6 is 0 Å². The molecule has 2 N–H and O–H groups in total. The molecule has 23 heavy (non-hydrogen) atoms. The molecule has 3 fully saturated rings. The van der Waals surface area contributed by atoms with E-state index in [2.05, 4.69) is 5.32 Å². The number of piperidine rings is 1. The Morgan fingerprint density at radius 3 is 2.83 bits per heavy atom. The van der Waals surface area contributed by atoms with Gasteiger partial charge in [-0.25, -0.2) is 0 Å². The van der Waals surface area contributed by atoms with Crippen molar-refractivity contribution < 1.29 is 14.6 Å². The zero-order valence-electron chi connectivity index (χ0n) is 13.5. The number of ether oxygens (including phenoxy) is 1. The van der Waals surface area contributed by atoms with Gasteiger partial charge in [0.05, 0.1) is 24.3 Å². The van der Waals surface area contributed by atoms with Crippen molar-refractivity contribution in [3.05, 3.63) is 29.3 Å². The molecular formula is C18H24N2O3. The van der Waals surface area contributed by atoms with Crippen molar-refractivity contribution in [2.45, 2.75) is 50.3 Å². The number of nitrogens with one attached hydrogen (secondary N) is 1. The van der Waals surface area contributed by atoms with E-state index in [4.69, 9.17) is 4.74 Å². The number of morpholine rings is 1. The van der Waals surface area contributed by atoms with Gasteiger partial charge >= 0.3 is 0 Å². The van der Waals surface area contributed by atoms with Crippen LogP contribution in [-0.2, 0) is 4.74 Å². The Balaban J connectivity index is 1.55. The number of fused-ring (bicyclic) bond motifs is 2. The Bertz CT molecular complexity index is 619. The van der Waals surface area contributed by atoms with Crippen molar-refractivity contribution in [2.75, 3.05) is 19.7 Å². The van der Waals surface area contributed by atoms with Crippen molar-refractivity contribution in [1.29, 1.82) is 0 Å². The molecule has 0 aromatic heterocycles. The number of phenols is 1. The number of nitrogens with zero attached hydrogens (tertiary/aromatic N) is 1. The SMILES string of the molecule is Cc1ccc(O)c(C(=O)N2CCOC3(C[C@H]4CC[C@@H](C3)N4)C2)c1. The number of carbonyl (C=O) groups excluding carboxylic acids is 1. The monoisotopic (exact) mass is 316 g/mol. The minimum atomic E-state index is -0.204. The van der Waals surface area contributed by atoms with Gasteiger partial charge in [0.15, 0.2) is 0 Å². The third-order valence-electron chi connectivity index (χ3n) is 5.49. The second-order valence-corrected chi connectivity index (χ2v) is 7.32. The number of hydrogen-bond donors (Lipinski definition) is 2. The average molecular weight is 316 g/mol. The highest BCUT2D eigenvalue weighted by Gasteiger charge is 2.47. The molecule has 1 amide bonds. The van der Waals surface area contributed by atoms with E-state index in [1.807, 2.05) is 17.9 Å². The largest absolute Gasteiger partial charge is 0.507 e. The molecule has 3 aliphatic rings. The number of carbonyl (C=O) groups is 1. The maximum atomic E-state index is 12.9. The van der Waals surface area contributed by atoms with E-state index in [0.29, 0.717) is 37.3 Å². The highest BCUT2D eigenvalue weighted by Crippen LogP contribution is 2.39. The van der Waals surface area contributed by atoms with Gasteiger partial charge in [-0.05, 0) is 44.7 Å². The summed E-state index contributed by atoms with van der Waals surface area (Å²) in [7, 11) is 0. The zero-order chi connectivity index (χ0) is 16.0. The normalized spacial score (nSPS) is 33.2. The lowest BCUT2D eigenvalue weighted by Gasteiger charge is -2.47. The number of amides is 1. The molecule has 1 aromatic rings. The van der Waals surface area contributed by atoms with Crippen LogP contribution in [0.5, 0.6) is 5.75 Å². The summed E-state index contributed by atoms with van der Waals surface area (Å²) in [4.78, 5) is 14.7. The minimum absolute atomic E-state index is 0.0616. The molecule has 0 saturated carbocycles. The second kappa shape index (κ2) is 5.49. The number of phenolic OH excluding ortho intramolecular Hbond substituents is 1. The van der Waals surface area contributed by atoms with Crippen LogP contribution in [0.3, 0.4) is 0 Å². The highest BCUT2D eigenvalue weighted by molar-refractivity contribution is 5.97. The van der Waals surface area contributed by atoms with E-state index >= 15 is 0 Å². The van der Waals surface area contributed by atoms with Crippen LogP contribution in [0, 0.1) is 6.92 Å². The first-order valence-electron chi connectivity index (χ1n) is 8.54. The molecule has 5 heteroatoms. The summed E-state index contributed by atoms with van der Waals surface area (Å²) in [6.07, 6.45) is 4.38. The topological polar surface area (TPSA) is 61.8 Å². The van der Waals surface area contributed by atoms with E-state index in [1.54, 1.807) is 12.1 Å². The van der Waals surface area contributed by atoms with Gasteiger partial charge < -0.3 is 20.1 Å². The third kappa shape index (κ3) is 2.72. The number of rotatable bonds is 1. The average Bonchev–Trinajstić information content (AvgIpc) is 2.88. The molecule has 4 rings (SSSR count). The summed E-state index contributed by atoms with van der Waals surface area (Å²) < 4.78 is 6.16. The predicted molar refractivity (Wildman–Crippen MR) is 86.6 cm³/mol. The van der Waals surface area contributed by atoms with Crippen LogP contribution in [0.1, 0.15) is 41.6 Å². The Labute approximate surface area is 136 Å². The Morgan fingerprint density at radius 2 is 2.09 bits per heavy atom. The molecular weight excluding hydrogens is 292 g/mol. The van der Waals surface area contributed by atoms with Gasteiger partial charge in [-0.15, -0.1) is 0 Å². The van der Waals surface area contributed by atoms with Gasteiger partial charge in [-0.2, -0.15) is 0 Å². The summed E-state index contributed by atoms with van der Waals surface area (Å²) in [6.45, 7) is 3.74. The summed E-state index contributed by atoms with van der Waals surface area (Å²) in [5.41, 5.74) is 1.18. The van der Waals surface area contributed by atoms with Crippen molar-refractivity contribution in [1.82, 2.24) is 10.2 Å². The van der Waals surface area contributed by atoms with Gasteiger partial charge in [0, 0.05) is 18.6 Å². The molecule has 1 aromatic carbocycles. The van der Waals surface area contributed by atoms with Crippen LogP contribution in [0.2, 0.25) is 0 Å². The summed E-state index contributed by atoms with van der Waals surface area (Å²) >= 11 is 0. The van der Waals surface area contributed by atoms with Crippen LogP contribution < -0.4 is 5.32 Å². The number of aromatic hydroxyl groups is 1. The van der Waals surface area contributed by atoms with Gasteiger partial charge in [0.1, 0.15) is 5.75 Å². The molecule has 3 heterocycles. The Hall–Kier alpha value is -1.59. The van der Waals surface area contributed by atoms with Crippen LogP contribution in [0.25, 0.3) is 0 Å². The van der Waals surface area contributed by atoms with Crippen LogP contribution in [-0.4, -0.2) is 53.3 Å². The third-order valence-corrected chi connectivity index (χ3v) is 5.49. The molecule has 5 nitrogen and oxygen atoms in total. The molecule has 124 valence electrons. The van der Waals surface area contributed by atoms with Gasteiger partial charge in [0.25, 0.3) is 5.91 Å². The maximum absolute atomic E-state index is 12.9. The van der Waals surface area contributed by atoms with Crippen molar-refractivity contribution in [2.24, 2.45) is 0 Å². The summed E-state index contributed by atoms with van der Waals surface area (Å²) in [6, 6.07) is 6.24. The fourth-order valence-corrected chi connectivity index (χ4v) is 4.46. The van der Waals surface area contributed by atoms with Crippen molar-refractivity contribution in [3.63, 3.8) is 0 Å².